The molecule has 0 aliphatic carbocycles. The van der Waals surface area contributed by atoms with Gasteiger partial charge < -0.3 is 14.6 Å². The van der Waals surface area contributed by atoms with Gasteiger partial charge in [-0.15, -0.1) is 0 Å². The van der Waals surface area contributed by atoms with E-state index in [-0.39, 0.29) is 11.9 Å². The molecule has 0 saturated carbocycles. The molecule has 1 aromatic heterocycles. The lowest BCUT2D eigenvalue weighted by molar-refractivity contribution is -0.126. The van der Waals surface area contributed by atoms with Crippen LogP contribution in [0.1, 0.15) is 27.2 Å². The predicted molar refractivity (Wildman–Crippen MR) is 104 cm³/mol. The number of H-pyrrole nitrogens is 1. The first-order valence-electron chi connectivity index (χ1n) is 8.89. The molecule has 0 saturated heterocycles. The Labute approximate surface area is 157 Å². The smallest absolute Gasteiger partial charge is 0.337 e. The topological polar surface area (TPSA) is 62.4 Å². The number of nitrogens with one attached hydrogen (secondary N) is 1. The average molecular weight is 360 g/mol. The van der Waals surface area contributed by atoms with Crippen LogP contribution in [0.15, 0.2) is 54.6 Å². The Bertz CT molecular complexity index is 1030. The molecule has 1 aliphatic rings. The Morgan fingerprint density at radius 1 is 1.11 bits per heavy atom. The first-order chi connectivity index (χ1) is 13.2. The molecule has 1 amide bonds. The van der Waals surface area contributed by atoms with Crippen LogP contribution < -0.4 is 0 Å². The van der Waals surface area contributed by atoms with Crippen molar-refractivity contribution in [3.05, 3.63) is 77.0 Å². The Morgan fingerprint density at radius 3 is 2.67 bits per heavy atom. The summed E-state index contributed by atoms with van der Waals surface area (Å²) in [4.78, 5) is 29.4. The SMILES string of the molecule is COC(=O)c1ccc(C=CC(=O)N2CCc3[nH]c4ccccc4c3C2)cc1. The fourth-order valence-electron chi connectivity index (χ4n) is 3.48. The van der Waals surface area contributed by atoms with E-state index in [1.54, 1.807) is 36.4 Å². The van der Waals surface area contributed by atoms with Crippen molar-refractivity contribution < 1.29 is 14.3 Å². The quantitative estimate of drug-likeness (QED) is 0.574. The van der Waals surface area contributed by atoms with Gasteiger partial charge in [0.15, 0.2) is 0 Å². The lowest BCUT2D eigenvalue weighted by Crippen LogP contribution is -2.34. The Hall–Kier alpha value is -3.34. The summed E-state index contributed by atoms with van der Waals surface area (Å²) >= 11 is 0. The van der Waals surface area contributed by atoms with Crippen molar-refractivity contribution >= 4 is 28.9 Å². The van der Waals surface area contributed by atoms with Crippen molar-refractivity contribution in [2.45, 2.75) is 13.0 Å². The standard InChI is InChI=1S/C22H20N2O3/c1-27-22(26)16-9-6-15(7-10-16)8-11-21(25)24-13-12-20-18(14-24)17-4-2-3-5-19(17)23-20/h2-11,23H,12-14H2,1H3. The summed E-state index contributed by atoms with van der Waals surface area (Å²) in [6.07, 6.45) is 4.19. The predicted octanol–water partition coefficient (Wildman–Crippen LogP) is 3.55. The molecular formula is C22H20N2O3. The third-order valence-electron chi connectivity index (χ3n) is 4.94. The number of rotatable bonds is 3. The summed E-state index contributed by atoms with van der Waals surface area (Å²) in [7, 11) is 1.35. The number of benzene rings is 2. The molecule has 27 heavy (non-hydrogen) atoms. The Balaban J connectivity index is 1.47. The van der Waals surface area contributed by atoms with Gasteiger partial charge in [-0.2, -0.15) is 0 Å². The highest BCUT2D eigenvalue weighted by atomic mass is 16.5. The number of para-hydroxylation sites is 1. The van der Waals surface area contributed by atoms with E-state index in [9.17, 15) is 9.59 Å². The number of amides is 1. The monoisotopic (exact) mass is 360 g/mol. The van der Waals surface area contributed by atoms with Gasteiger partial charge in [-0.1, -0.05) is 30.3 Å². The highest BCUT2D eigenvalue weighted by molar-refractivity contribution is 5.93. The van der Waals surface area contributed by atoms with Crippen molar-refractivity contribution in [1.29, 1.82) is 0 Å². The lowest BCUT2D eigenvalue weighted by Gasteiger charge is -2.26. The average Bonchev–Trinajstić information content (AvgIpc) is 3.09. The summed E-state index contributed by atoms with van der Waals surface area (Å²) in [6.45, 7) is 1.31. The van der Waals surface area contributed by atoms with E-state index in [2.05, 4.69) is 21.9 Å². The number of carbonyl (C=O) groups excluding carboxylic acids is 2. The zero-order chi connectivity index (χ0) is 18.8. The number of nitrogens with zero attached hydrogens (tertiary/aromatic N) is 1. The first kappa shape index (κ1) is 17.1. The lowest BCUT2D eigenvalue weighted by atomic mass is 10.0. The highest BCUT2D eigenvalue weighted by Gasteiger charge is 2.22. The van der Waals surface area contributed by atoms with Gasteiger partial charge in [-0.3, -0.25) is 4.79 Å². The molecule has 0 unspecified atom stereocenters. The molecule has 136 valence electrons. The molecule has 0 spiro atoms. The molecule has 5 heteroatoms. The molecule has 5 nitrogen and oxygen atoms in total. The van der Waals surface area contributed by atoms with Crippen molar-refractivity contribution in [2.24, 2.45) is 0 Å². The number of carbonyl (C=O) groups is 2. The number of hydrogen-bond donors (Lipinski definition) is 1. The number of esters is 1. The maximum Gasteiger partial charge on any atom is 0.337 e. The zero-order valence-electron chi connectivity index (χ0n) is 15.1. The van der Waals surface area contributed by atoms with Crippen LogP contribution in [-0.4, -0.2) is 35.4 Å². The van der Waals surface area contributed by atoms with Gasteiger partial charge >= 0.3 is 5.97 Å². The molecule has 1 N–H and O–H groups in total. The van der Waals surface area contributed by atoms with Crippen molar-refractivity contribution in [1.82, 2.24) is 9.88 Å². The zero-order valence-corrected chi connectivity index (χ0v) is 15.1. The summed E-state index contributed by atoms with van der Waals surface area (Å²) in [5, 5.41) is 1.19. The van der Waals surface area contributed by atoms with Crippen molar-refractivity contribution in [3.63, 3.8) is 0 Å². The van der Waals surface area contributed by atoms with E-state index in [0.29, 0.717) is 18.7 Å². The minimum absolute atomic E-state index is 0.0111. The van der Waals surface area contributed by atoms with Gasteiger partial charge in [0.1, 0.15) is 0 Å². The Kier molecular flexibility index (Phi) is 4.50. The second kappa shape index (κ2) is 7.11. The van der Waals surface area contributed by atoms with Crippen LogP contribution >= 0.6 is 0 Å². The van der Waals surface area contributed by atoms with Crippen LogP contribution in [0.4, 0.5) is 0 Å². The fraction of sp³-hybridized carbons (Fsp3) is 0.182. The highest BCUT2D eigenvalue weighted by Crippen LogP contribution is 2.27. The van der Waals surface area contributed by atoms with E-state index in [1.807, 2.05) is 17.0 Å². The van der Waals surface area contributed by atoms with E-state index < -0.39 is 0 Å². The second-order valence-electron chi connectivity index (χ2n) is 6.58. The van der Waals surface area contributed by atoms with Crippen molar-refractivity contribution in [2.75, 3.05) is 13.7 Å². The minimum atomic E-state index is -0.371. The van der Waals surface area contributed by atoms with Gasteiger partial charge in [0, 0.05) is 47.7 Å². The fourth-order valence-corrected chi connectivity index (χ4v) is 3.48. The number of methoxy groups -OCH3 is 1. The maximum atomic E-state index is 12.6. The van der Waals surface area contributed by atoms with Gasteiger partial charge in [-0.25, -0.2) is 4.79 Å². The number of hydrogen-bond acceptors (Lipinski definition) is 3. The van der Waals surface area contributed by atoms with Crippen LogP contribution in [0, 0.1) is 0 Å². The first-order valence-corrected chi connectivity index (χ1v) is 8.89. The molecule has 2 heterocycles. The molecule has 3 aromatic rings. The van der Waals surface area contributed by atoms with Gasteiger partial charge in [0.25, 0.3) is 0 Å². The van der Waals surface area contributed by atoms with E-state index in [1.165, 1.54) is 23.8 Å². The summed E-state index contributed by atoms with van der Waals surface area (Å²) in [6, 6.07) is 15.2. The molecule has 4 rings (SSSR count). The summed E-state index contributed by atoms with van der Waals surface area (Å²) < 4.78 is 4.69. The minimum Gasteiger partial charge on any atom is -0.465 e. The number of ether oxygens (including phenoxy) is 1. The maximum absolute atomic E-state index is 12.6. The number of aromatic nitrogens is 1. The van der Waals surface area contributed by atoms with Gasteiger partial charge in [0.2, 0.25) is 5.91 Å². The molecule has 0 fully saturated rings. The Morgan fingerprint density at radius 2 is 1.89 bits per heavy atom. The molecular weight excluding hydrogens is 340 g/mol. The van der Waals surface area contributed by atoms with E-state index in [0.717, 1.165) is 17.5 Å². The van der Waals surface area contributed by atoms with E-state index in [4.69, 9.17) is 0 Å². The number of aromatic amines is 1. The van der Waals surface area contributed by atoms with Crippen LogP contribution in [0.2, 0.25) is 0 Å². The third-order valence-corrected chi connectivity index (χ3v) is 4.94. The summed E-state index contributed by atoms with van der Waals surface area (Å²) in [5.41, 5.74) is 4.91. The van der Waals surface area contributed by atoms with E-state index >= 15 is 0 Å². The molecule has 0 bridgehead atoms. The van der Waals surface area contributed by atoms with Gasteiger partial charge in [0.05, 0.1) is 12.7 Å². The molecule has 0 radical (unpaired) electrons. The second-order valence-corrected chi connectivity index (χ2v) is 6.58. The third kappa shape index (κ3) is 3.36. The van der Waals surface area contributed by atoms with Crippen LogP contribution in [-0.2, 0) is 22.5 Å². The van der Waals surface area contributed by atoms with Crippen LogP contribution in [0.3, 0.4) is 0 Å². The molecule has 2 aromatic carbocycles. The van der Waals surface area contributed by atoms with Crippen molar-refractivity contribution in [3.8, 4) is 0 Å². The van der Waals surface area contributed by atoms with Gasteiger partial charge in [-0.05, 0) is 29.8 Å². The largest absolute Gasteiger partial charge is 0.465 e. The van der Waals surface area contributed by atoms with Crippen LogP contribution in [0.25, 0.3) is 17.0 Å². The van der Waals surface area contributed by atoms with Crippen LogP contribution in [0.5, 0.6) is 0 Å². The molecule has 0 atom stereocenters. The summed E-state index contributed by atoms with van der Waals surface area (Å²) in [5.74, 6) is -0.382. The normalized spacial score (nSPS) is 13.7. The number of fused-ring (bicyclic) bond motifs is 3. The molecule has 1 aliphatic heterocycles.